The quantitative estimate of drug-likeness (QED) is 0.899. The van der Waals surface area contributed by atoms with E-state index < -0.39 is 5.60 Å². The van der Waals surface area contributed by atoms with Crippen LogP contribution in [-0.2, 0) is 6.42 Å². The van der Waals surface area contributed by atoms with Gasteiger partial charge in [0.1, 0.15) is 0 Å². The van der Waals surface area contributed by atoms with Gasteiger partial charge in [-0.2, -0.15) is 0 Å². The highest BCUT2D eigenvalue weighted by atomic mass is 16.3. The predicted molar refractivity (Wildman–Crippen MR) is 89.2 cm³/mol. The molecule has 5 nitrogen and oxygen atoms in total. The molecule has 0 aromatic carbocycles. The average Bonchev–Trinajstić information content (AvgIpc) is 2.55. The van der Waals surface area contributed by atoms with Crippen molar-refractivity contribution in [2.45, 2.75) is 51.0 Å². The van der Waals surface area contributed by atoms with E-state index in [1.807, 2.05) is 24.0 Å². The van der Waals surface area contributed by atoms with Gasteiger partial charge in [-0.25, -0.2) is 4.79 Å². The number of hydrogen-bond donors (Lipinski definition) is 2. The first kappa shape index (κ1) is 16.2. The maximum Gasteiger partial charge on any atom is 0.317 e. The zero-order valence-corrected chi connectivity index (χ0v) is 13.9. The zero-order chi connectivity index (χ0) is 16.3. The van der Waals surface area contributed by atoms with E-state index in [0.29, 0.717) is 26.1 Å². The standard InChI is InChI=1S/C18H27N3O2/c1-14-5-4-10-19-16(14)7-11-20-17(22)21-12-9-18(23)8-3-2-6-15(18)13-21/h4-5,10,15,23H,2-3,6-9,11-13H2,1H3,(H,20,22)/t15-,18-/m0/s1. The van der Waals surface area contributed by atoms with Crippen LogP contribution in [0.1, 0.15) is 43.4 Å². The van der Waals surface area contributed by atoms with Crippen molar-refractivity contribution in [1.29, 1.82) is 0 Å². The molecule has 3 rings (SSSR count). The fourth-order valence-electron chi connectivity index (χ4n) is 3.94. The zero-order valence-electron chi connectivity index (χ0n) is 13.9. The second-order valence-electron chi connectivity index (χ2n) is 6.99. The lowest BCUT2D eigenvalue weighted by atomic mass is 9.71. The second-order valence-corrected chi connectivity index (χ2v) is 6.99. The number of aromatic nitrogens is 1. The summed E-state index contributed by atoms with van der Waals surface area (Å²) in [4.78, 5) is 18.6. The number of fused-ring (bicyclic) bond motifs is 1. The monoisotopic (exact) mass is 317 g/mol. The molecule has 0 unspecified atom stereocenters. The van der Waals surface area contributed by atoms with Crippen molar-refractivity contribution in [2.24, 2.45) is 5.92 Å². The molecule has 0 radical (unpaired) electrons. The van der Waals surface area contributed by atoms with E-state index >= 15 is 0 Å². The number of likely N-dealkylation sites (tertiary alicyclic amines) is 1. The van der Waals surface area contributed by atoms with Gasteiger partial charge in [-0.05, 0) is 37.8 Å². The minimum Gasteiger partial charge on any atom is -0.389 e. The summed E-state index contributed by atoms with van der Waals surface area (Å²) in [6, 6.07) is 3.96. The van der Waals surface area contributed by atoms with E-state index in [1.54, 1.807) is 6.20 Å². The van der Waals surface area contributed by atoms with Crippen LogP contribution in [0, 0.1) is 12.8 Å². The smallest absolute Gasteiger partial charge is 0.317 e. The van der Waals surface area contributed by atoms with Crippen molar-refractivity contribution in [3.05, 3.63) is 29.6 Å². The number of carbonyl (C=O) groups is 1. The first-order valence-corrected chi connectivity index (χ1v) is 8.74. The van der Waals surface area contributed by atoms with Crippen LogP contribution in [0.4, 0.5) is 4.79 Å². The van der Waals surface area contributed by atoms with Crippen molar-refractivity contribution in [1.82, 2.24) is 15.2 Å². The fraction of sp³-hybridized carbons (Fsp3) is 0.667. The van der Waals surface area contributed by atoms with Crippen LogP contribution in [0.5, 0.6) is 0 Å². The van der Waals surface area contributed by atoms with Crippen LogP contribution in [0.25, 0.3) is 0 Å². The van der Waals surface area contributed by atoms with Gasteiger partial charge in [0, 0.05) is 43.9 Å². The lowest BCUT2D eigenvalue weighted by molar-refractivity contribution is -0.0870. The average molecular weight is 317 g/mol. The Morgan fingerprint density at radius 2 is 2.35 bits per heavy atom. The first-order valence-electron chi connectivity index (χ1n) is 8.74. The molecule has 1 aromatic heterocycles. The summed E-state index contributed by atoms with van der Waals surface area (Å²) in [7, 11) is 0. The number of nitrogens with zero attached hydrogens (tertiary/aromatic N) is 2. The molecule has 1 saturated heterocycles. The molecule has 1 aliphatic carbocycles. The van der Waals surface area contributed by atoms with Gasteiger partial charge in [0.2, 0.25) is 0 Å². The third-order valence-corrected chi connectivity index (χ3v) is 5.47. The summed E-state index contributed by atoms with van der Waals surface area (Å²) in [5.74, 6) is 0.244. The van der Waals surface area contributed by atoms with Crippen molar-refractivity contribution in [2.75, 3.05) is 19.6 Å². The van der Waals surface area contributed by atoms with Crippen LogP contribution in [0.3, 0.4) is 0 Å². The minimum absolute atomic E-state index is 0.00814. The first-order chi connectivity index (χ1) is 11.1. The van der Waals surface area contributed by atoms with Crippen LogP contribution < -0.4 is 5.32 Å². The summed E-state index contributed by atoms with van der Waals surface area (Å²) in [6.07, 6.45) is 7.46. The van der Waals surface area contributed by atoms with Gasteiger partial charge < -0.3 is 15.3 Å². The summed E-state index contributed by atoms with van der Waals surface area (Å²) in [6.45, 7) is 3.98. The Hall–Kier alpha value is -1.62. The molecular weight excluding hydrogens is 290 g/mol. The van der Waals surface area contributed by atoms with Crippen molar-refractivity contribution in [3.63, 3.8) is 0 Å². The van der Waals surface area contributed by atoms with Crippen LogP contribution in [-0.4, -0.2) is 46.3 Å². The topological polar surface area (TPSA) is 65.5 Å². The normalized spacial score (nSPS) is 27.4. The maximum absolute atomic E-state index is 12.4. The lowest BCUT2D eigenvalue weighted by Gasteiger charge is -2.47. The third-order valence-electron chi connectivity index (χ3n) is 5.47. The van der Waals surface area contributed by atoms with Gasteiger partial charge >= 0.3 is 6.03 Å². The molecule has 1 saturated carbocycles. The highest BCUT2D eigenvalue weighted by Crippen LogP contribution is 2.39. The molecule has 0 spiro atoms. The summed E-state index contributed by atoms with van der Waals surface area (Å²) in [5.41, 5.74) is 1.67. The summed E-state index contributed by atoms with van der Waals surface area (Å²) in [5, 5.41) is 13.7. The molecule has 1 aromatic rings. The predicted octanol–water partition coefficient (Wildman–Crippen LogP) is 2.27. The maximum atomic E-state index is 12.4. The molecule has 2 atom stereocenters. The molecule has 2 aliphatic rings. The van der Waals surface area contributed by atoms with Crippen molar-refractivity contribution in [3.8, 4) is 0 Å². The molecule has 2 heterocycles. The Morgan fingerprint density at radius 1 is 1.48 bits per heavy atom. The number of urea groups is 1. The molecule has 23 heavy (non-hydrogen) atoms. The molecular formula is C18H27N3O2. The van der Waals surface area contributed by atoms with E-state index in [9.17, 15) is 9.90 Å². The highest BCUT2D eigenvalue weighted by molar-refractivity contribution is 5.74. The molecule has 0 bridgehead atoms. The van der Waals surface area contributed by atoms with E-state index in [1.165, 1.54) is 6.42 Å². The number of rotatable bonds is 3. The molecule has 2 fully saturated rings. The summed E-state index contributed by atoms with van der Waals surface area (Å²) < 4.78 is 0. The molecule has 126 valence electrons. The number of amides is 2. The van der Waals surface area contributed by atoms with Crippen molar-refractivity contribution >= 4 is 6.03 Å². The third kappa shape index (κ3) is 3.66. The number of aliphatic hydroxyl groups is 1. The Kier molecular flexibility index (Phi) is 4.85. The molecule has 2 N–H and O–H groups in total. The van der Waals surface area contributed by atoms with Crippen LogP contribution in [0.2, 0.25) is 0 Å². The molecule has 2 amide bonds. The number of piperidine rings is 1. The Labute approximate surface area is 138 Å². The Bertz CT molecular complexity index is 563. The number of nitrogens with one attached hydrogen (secondary N) is 1. The molecule has 5 heteroatoms. The molecule has 1 aliphatic heterocycles. The van der Waals surface area contributed by atoms with Gasteiger partial charge in [0.25, 0.3) is 0 Å². The van der Waals surface area contributed by atoms with E-state index in [4.69, 9.17) is 0 Å². The SMILES string of the molecule is Cc1cccnc1CCNC(=O)N1CC[C@@]2(O)CCCC[C@H]2C1. The number of pyridine rings is 1. The highest BCUT2D eigenvalue weighted by Gasteiger charge is 2.43. The van der Waals surface area contributed by atoms with Gasteiger partial charge in [0.05, 0.1) is 5.60 Å². The van der Waals surface area contributed by atoms with Gasteiger partial charge in [-0.15, -0.1) is 0 Å². The van der Waals surface area contributed by atoms with Gasteiger partial charge in [-0.1, -0.05) is 18.9 Å². The lowest BCUT2D eigenvalue weighted by Crippen LogP contribution is -2.56. The minimum atomic E-state index is -0.528. The van der Waals surface area contributed by atoms with Gasteiger partial charge in [-0.3, -0.25) is 4.98 Å². The number of aryl methyl sites for hydroxylation is 1. The van der Waals surface area contributed by atoms with Gasteiger partial charge in [0.15, 0.2) is 0 Å². The van der Waals surface area contributed by atoms with Crippen molar-refractivity contribution < 1.29 is 9.90 Å². The Morgan fingerprint density at radius 3 is 3.17 bits per heavy atom. The second kappa shape index (κ2) is 6.87. The van der Waals surface area contributed by atoms with E-state index in [2.05, 4.69) is 10.3 Å². The van der Waals surface area contributed by atoms with E-state index in [-0.39, 0.29) is 11.9 Å². The Balaban J connectivity index is 1.48. The number of hydrogen-bond acceptors (Lipinski definition) is 3. The largest absolute Gasteiger partial charge is 0.389 e. The van der Waals surface area contributed by atoms with Crippen LogP contribution >= 0.6 is 0 Å². The summed E-state index contributed by atoms with van der Waals surface area (Å²) >= 11 is 0. The number of carbonyl (C=O) groups excluding carboxylic acids is 1. The van der Waals surface area contributed by atoms with Crippen LogP contribution in [0.15, 0.2) is 18.3 Å². The fourth-order valence-corrected chi connectivity index (χ4v) is 3.94. The van der Waals surface area contributed by atoms with E-state index in [0.717, 1.165) is 36.9 Å².